The van der Waals surface area contributed by atoms with E-state index in [0.717, 1.165) is 25.2 Å². The van der Waals surface area contributed by atoms with E-state index in [4.69, 9.17) is 4.74 Å². The van der Waals surface area contributed by atoms with Crippen LogP contribution in [0.25, 0.3) is 0 Å². The van der Waals surface area contributed by atoms with Crippen LogP contribution < -0.4 is 5.32 Å². The van der Waals surface area contributed by atoms with E-state index in [1.54, 1.807) is 12.1 Å². The fraction of sp³-hybridized carbons (Fsp3) is 0.571. The maximum absolute atomic E-state index is 13.1. The van der Waals surface area contributed by atoms with E-state index in [-0.39, 0.29) is 11.9 Å². The van der Waals surface area contributed by atoms with Crippen LogP contribution in [0.5, 0.6) is 0 Å². The molecule has 1 N–H and O–H groups in total. The molecule has 1 aromatic carbocycles. The predicted octanol–water partition coefficient (Wildman–Crippen LogP) is 2.90. The zero-order chi connectivity index (χ0) is 12.3. The highest BCUT2D eigenvalue weighted by molar-refractivity contribution is 5.19. The molecule has 1 aromatic rings. The van der Waals surface area contributed by atoms with Crippen LogP contribution in [0.15, 0.2) is 24.3 Å². The van der Waals surface area contributed by atoms with Crippen LogP contribution in [0.3, 0.4) is 0 Å². The second-order valence-electron chi connectivity index (χ2n) is 4.86. The van der Waals surface area contributed by atoms with Crippen molar-refractivity contribution in [2.45, 2.75) is 32.4 Å². The lowest BCUT2D eigenvalue weighted by Crippen LogP contribution is -2.35. The number of halogens is 1. The highest BCUT2D eigenvalue weighted by Gasteiger charge is 2.23. The zero-order valence-corrected chi connectivity index (χ0v) is 10.4. The Morgan fingerprint density at radius 2 is 2.24 bits per heavy atom. The molecule has 1 saturated heterocycles. The summed E-state index contributed by atoms with van der Waals surface area (Å²) in [5.74, 6) is 0.402. The molecule has 0 amide bonds. The first-order valence-corrected chi connectivity index (χ1v) is 6.26. The van der Waals surface area contributed by atoms with Gasteiger partial charge in [-0.25, -0.2) is 4.39 Å². The minimum absolute atomic E-state index is 0.168. The van der Waals surface area contributed by atoms with Crippen molar-refractivity contribution >= 4 is 0 Å². The fourth-order valence-corrected chi connectivity index (χ4v) is 2.35. The molecule has 0 aliphatic carbocycles. The van der Waals surface area contributed by atoms with Crippen LogP contribution in [0, 0.1) is 11.7 Å². The van der Waals surface area contributed by atoms with E-state index in [2.05, 4.69) is 19.2 Å². The molecule has 94 valence electrons. The van der Waals surface area contributed by atoms with Gasteiger partial charge in [-0.1, -0.05) is 12.1 Å². The fourth-order valence-electron chi connectivity index (χ4n) is 2.35. The molecule has 2 nitrogen and oxygen atoms in total. The summed E-state index contributed by atoms with van der Waals surface area (Å²) < 4.78 is 18.5. The quantitative estimate of drug-likeness (QED) is 0.869. The Labute approximate surface area is 102 Å². The molecule has 3 heteroatoms. The standard InChI is InChI=1S/C14H20FNO/c1-10(12-4-3-5-14(15)8-12)16-11(2)13-6-7-17-9-13/h3-5,8,10-11,13,16H,6-7,9H2,1-2H3/t10-,11?,13?/m1/s1. The highest BCUT2D eigenvalue weighted by Crippen LogP contribution is 2.20. The van der Waals surface area contributed by atoms with Crippen molar-refractivity contribution in [1.82, 2.24) is 5.32 Å². The van der Waals surface area contributed by atoms with Gasteiger partial charge in [0.15, 0.2) is 0 Å². The summed E-state index contributed by atoms with van der Waals surface area (Å²) >= 11 is 0. The lowest BCUT2D eigenvalue weighted by molar-refractivity contribution is 0.177. The minimum Gasteiger partial charge on any atom is -0.381 e. The predicted molar refractivity (Wildman–Crippen MR) is 66.3 cm³/mol. The Bertz CT molecular complexity index is 363. The molecule has 1 heterocycles. The number of nitrogens with one attached hydrogen (secondary N) is 1. The molecule has 0 spiro atoms. The average molecular weight is 237 g/mol. The van der Waals surface area contributed by atoms with Gasteiger partial charge in [0.05, 0.1) is 6.61 Å². The number of ether oxygens (including phenoxy) is 1. The zero-order valence-electron chi connectivity index (χ0n) is 10.4. The molecule has 2 rings (SSSR count). The maximum atomic E-state index is 13.1. The van der Waals surface area contributed by atoms with Crippen molar-refractivity contribution in [3.63, 3.8) is 0 Å². The second kappa shape index (κ2) is 5.61. The van der Waals surface area contributed by atoms with Crippen LogP contribution in [0.2, 0.25) is 0 Å². The number of rotatable bonds is 4. The molecule has 0 aromatic heterocycles. The molecule has 2 unspecified atom stereocenters. The Morgan fingerprint density at radius 3 is 2.88 bits per heavy atom. The Hall–Kier alpha value is -0.930. The minimum atomic E-state index is -0.173. The summed E-state index contributed by atoms with van der Waals surface area (Å²) in [6.07, 6.45) is 1.12. The average Bonchev–Trinajstić information content (AvgIpc) is 2.82. The van der Waals surface area contributed by atoms with Gasteiger partial charge in [-0.15, -0.1) is 0 Å². The second-order valence-corrected chi connectivity index (χ2v) is 4.86. The Morgan fingerprint density at radius 1 is 1.41 bits per heavy atom. The summed E-state index contributed by atoms with van der Waals surface area (Å²) in [7, 11) is 0. The normalized spacial score (nSPS) is 23.6. The number of hydrogen-bond donors (Lipinski definition) is 1. The van der Waals surface area contributed by atoms with Crippen molar-refractivity contribution in [1.29, 1.82) is 0 Å². The summed E-state index contributed by atoms with van der Waals surface area (Å²) in [6, 6.07) is 7.35. The van der Waals surface area contributed by atoms with Gasteiger partial charge in [0.2, 0.25) is 0 Å². The van der Waals surface area contributed by atoms with Gasteiger partial charge in [-0.05, 0) is 43.9 Å². The van der Waals surface area contributed by atoms with E-state index in [1.165, 1.54) is 6.07 Å². The van der Waals surface area contributed by atoms with Gasteiger partial charge in [-0.2, -0.15) is 0 Å². The third-order valence-electron chi connectivity index (χ3n) is 3.53. The summed E-state index contributed by atoms with van der Waals surface area (Å²) in [5, 5.41) is 3.52. The first kappa shape index (κ1) is 12.5. The SMILES string of the molecule is CC(N[C@H](C)c1cccc(F)c1)C1CCOC1. The summed E-state index contributed by atoms with van der Waals surface area (Å²) in [5.41, 5.74) is 0.996. The van der Waals surface area contributed by atoms with Gasteiger partial charge in [0.1, 0.15) is 5.82 Å². The molecule has 3 atom stereocenters. The Kier molecular flexibility index (Phi) is 4.13. The van der Waals surface area contributed by atoms with Crippen LogP contribution in [0.4, 0.5) is 4.39 Å². The van der Waals surface area contributed by atoms with Crippen LogP contribution >= 0.6 is 0 Å². The van der Waals surface area contributed by atoms with E-state index in [9.17, 15) is 4.39 Å². The van der Waals surface area contributed by atoms with Gasteiger partial charge in [-0.3, -0.25) is 0 Å². The van der Waals surface area contributed by atoms with Crippen molar-refractivity contribution < 1.29 is 9.13 Å². The van der Waals surface area contributed by atoms with Crippen LogP contribution in [-0.2, 0) is 4.74 Å². The van der Waals surface area contributed by atoms with E-state index in [0.29, 0.717) is 12.0 Å². The summed E-state index contributed by atoms with van der Waals surface area (Å²) in [4.78, 5) is 0. The first-order chi connectivity index (χ1) is 8.16. The van der Waals surface area contributed by atoms with Gasteiger partial charge < -0.3 is 10.1 Å². The van der Waals surface area contributed by atoms with Gasteiger partial charge in [0, 0.05) is 18.7 Å². The topological polar surface area (TPSA) is 21.3 Å². The molecule has 0 bridgehead atoms. The molecule has 1 aliphatic rings. The summed E-state index contributed by atoms with van der Waals surface area (Å²) in [6.45, 7) is 5.95. The third kappa shape index (κ3) is 3.27. The van der Waals surface area contributed by atoms with Gasteiger partial charge >= 0.3 is 0 Å². The Balaban J connectivity index is 1.93. The highest BCUT2D eigenvalue weighted by atomic mass is 19.1. The smallest absolute Gasteiger partial charge is 0.123 e. The number of hydrogen-bond acceptors (Lipinski definition) is 2. The molecule has 17 heavy (non-hydrogen) atoms. The third-order valence-corrected chi connectivity index (χ3v) is 3.53. The number of benzene rings is 1. The van der Waals surface area contributed by atoms with Crippen molar-refractivity contribution in [2.75, 3.05) is 13.2 Å². The molecule has 0 saturated carbocycles. The van der Waals surface area contributed by atoms with Crippen LogP contribution in [0.1, 0.15) is 31.9 Å². The molecular weight excluding hydrogens is 217 g/mol. The lowest BCUT2D eigenvalue weighted by Gasteiger charge is -2.24. The largest absolute Gasteiger partial charge is 0.381 e. The molecular formula is C14H20FNO. The van der Waals surface area contributed by atoms with E-state index < -0.39 is 0 Å². The van der Waals surface area contributed by atoms with Crippen LogP contribution in [-0.4, -0.2) is 19.3 Å². The van der Waals surface area contributed by atoms with Crippen molar-refractivity contribution in [2.24, 2.45) is 5.92 Å². The molecule has 1 fully saturated rings. The van der Waals surface area contributed by atoms with Crippen molar-refractivity contribution in [3.05, 3.63) is 35.6 Å². The molecule has 0 radical (unpaired) electrons. The maximum Gasteiger partial charge on any atom is 0.123 e. The molecule has 1 aliphatic heterocycles. The van der Waals surface area contributed by atoms with Crippen molar-refractivity contribution in [3.8, 4) is 0 Å². The first-order valence-electron chi connectivity index (χ1n) is 6.26. The van der Waals surface area contributed by atoms with Gasteiger partial charge in [0.25, 0.3) is 0 Å². The van der Waals surface area contributed by atoms with E-state index >= 15 is 0 Å². The monoisotopic (exact) mass is 237 g/mol. The lowest BCUT2D eigenvalue weighted by atomic mass is 9.98. The van der Waals surface area contributed by atoms with E-state index in [1.807, 2.05) is 6.07 Å².